The molecular formula is C14H21BrN2O3. The van der Waals surface area contributed by atoms with Crippen molar-refractivity contribution in [2.45, 2.75) is 39.5 Å². The predicted molar refractivity (Wildman–Crippen MR) is 78.8 cm³/mol. The van der Waals surface area contributed by atoms with E-state index in [0.29, 0.717) is 18.8 Å². The molecule has 0 N–H and O–H groups in total. The van der Waals surface area contributed by atoms with Gasteiger partial charge in [-0.15, -0.1) is 0 Å². The Balaban J connectivity index is 2.27. The van der Waals surface area contributed by atoms with Crippen LogP contribution < -0.4 is 0 Å². The zero-order valence-electron chi connectivity index (χ0n) is 12.3. The molecule has 0 bridgehead atoms. The van der Waals surface area contributed by atoms with Gasteiger partial charge < -0.3 is 9.47 Å². The number of rotatable bonds is 5. The van der Waals surface area contributed by atoms with Gasteiger partial charge in [0.2, 0.25) is 0 Å². The fraction of sp³-hybridized carbons (Fsp3) is 0.714. The fourth-order valence-electron chi connectivity index (χ4n) is 2.83. The van der Waals surface area contributed by atoms with Crippen molar-refractivity contribution < 1.29 is 14.3 Å². The Morgan fingerprint density at radius 3 is 2.70 bits per heavy atom. The molecule has 112 valence electrons. The van der Waals surface area contributed by atoms with Crippen LogP contribution in [0.1, 0.15) is 31.3 Å². The summed E-state index contributed by atoms with van der Waals surface area (Å²) < 4.78 is 13.3. The summed E-state index contributed by atoms with van der Waals surface area (Å²) in [6, 6.07) is 0. The Labute approximate surface area is 127 Å². The molecular weight excluding hydrogens is 324 g/mol. The quantitative estimate of drug-likeness (QED) is 0.770. The van der Waals surface area contributed by atoms with Crippen molar-refractivity contribution in [1.82, 2.24) is 9.78 Å². The SMILES string of the molecule is COCCn1ncc(Br)c1C(=O)C1C(C)OC(C)C1C. The topological polar surface area (TPSA) is 53.4 Å². The fourth-order valence-corrected chi connectivity index (χ4v) is 3.32. The highest BCUT2D eigenvalue weighted by molar-refractivity contribution is 9.10. The number of aromatic nitrogens is 2. The minimum Gasteiger partial charge on any atom is -0.383 e. The Morgan fingerprint density at radius 1 is 1.45 bits per heavy atom. The van der Waals surface area contributed by atoms with E-state index in [1.54, 1.807) is 18.0 Å². The molecule has 1 aromatic rings. The number of hydrogen-bond acceptors (Lipinski definition) is 4. The van der Waals surface area contributed by atoms with Crippen molar-refractivity contribution in [1.29, 1.82) is 0 Å². The average molecular weight is 345 g/mol. The zero-order valence-corrected chi connectivity index (χ0v) is 13.9. The summed E-state index contributed by atoms with van der Waals surface area (Å²) in [4.78, 5) is 12.9. The summed E-state index contributed by atoms with van der Waals surface area (Å²) in [7, 11) is 1.64. The van der Waals surface area contributed by atoms with Crippen molar-refractivity contribution in [3.8, 4) is 0 Å². The van der Waals surface area contributed by atoms with Gasteiger partial charge in [-0.3, -0.25) is 9.48 Å². The van der Waals surface area contributed by atoms with E-state index in [9.17, 15) is 4.79 Å². The first-order chi connectivity index (χ1) is 9.47. The molecule has 4 atom stereocenters. The Kier molecular flexibility index (Phi) is 4.99. The van der Waals surface area contributed by atoms with Crippen molar-refractivity contribution in [3.05, 3.63) is 16.4 Å². The number of ketones is 1. The second-order valence-electron chi connectivity index (χ2n) is 5.35. The average Bonchev–Trinajstić information content (AvgIpc) is 2.88. The van der Waals surface area contributed by atoms with Gasteiger partial charge in [-0.25, -0.2) is 0 Å². The number of methoxy groups -OCH3 is 1. The molecule has 0 saturated carbocycles. The molecule has 0 amide bonds. The van der Waals surface area contributed by atoms with Crippen molar-refractivity contribution in [3.63, 3.8) is 0 Å². The summed E-state index contributed by atoms with van der Waals surface area (Å²) in [5.41, 5.74) is 0.614. The Hall–Kier alpha value is -0.720. The van der Waals surface area contributed by atoms with Gasteiger partial charge in [-0.05, 0) is 35.7 Å². The second kappa shape index (κ2) is 6.37. The van der Waals surface area contributed by atoms with E-state index in [-0.39, 0.29) is 29.8 Å². The number of hydrogen-bond donors (Lipinski definition) is 0. The zero-order chi connectivity index (χ0) is 14.9. The van der Waals surface area contributed by atoms with Crippen LogP contribution >= 0.6 is 15.9 Å². The molecule has 2 heterocycles. The molecule has 2 rings (SSSR count). The lowest BCUT2D eigenvalue weighted by atomic mass is 9.85. The van der Waals surface area contributed by atoms with E-state index in [1.807, 2.05) is 13.8 Å². The van der Waals surface area contributed by atoms with Crippen LogP contribution in [0.3, 0.4) is 0 Å². The summed E-state index contributed by atoms with van der Waals surface area (Å²) >= 11 is 3.43. The van der Waals surface area contributed by atoms with E-state index in [2.05, 4.69) is 28.0 Å². The third-order valence-electron chi connectivity index (χ3n) is 4.08. The second-order valence-corrected chi connectivity index (χ2v) is 6.21. The van der Waals surface area contributed by atoms with Crippen LogP contribution in [0.5, 0.6) is 0 Å². The molecule has 0 radical (unpaired) electrons. The molecule has 1 aliphatic rings. The van der Waals surface area contributed by atoms with Crippen molar-refractivity contribution >= 4 is 21.7 Å². The molecule has 4 unspecified atom stereocenters. The lowest BCUT2D eigenvalue weighted by Crippen LogP contribution is -2.29. The highest BCUT2D eigenvalue weighted by Crippen LogP contribution is 2.35. The van der Waals surface area contributed by atoms with Crippen LogP contribution in [0.4, 0.5) is 0 Å². The lowest BCUT2D eigenvalue weighted by molar-refractivity contribution is 0.0488. The normalized spacial score (nSPS) is 29.9. The first-order valence-corrected chi connectivity index (χ1v) is 7.66. The van der Waals surface area contributed by atoms with E-state index >= 15 is 0 Å². The number of halogens is 1. The van der Waals surface area contributed by atoms with Gasteiger partial charge in [0.05, 0.1) is 41.9 Å². The molecule has 1 aromatic heterocycles. The number of carbonyl (C=O) groups excluding carboxylic acids is 1. The minimum absolute atomic E-state index is 0.0647. The van der Waals surface area contributed by atoms with E-state index in [1.165, 1.54) is 0 Å². The van der Waals surface area contributed by atoms with Crippen LogP contribution in [0, 0.1) is 11.8 Å². The molecule has 0 spiro atoms. The van der Waals surface area contributed by atoms with Gasteiger partial charge in [-0.1, -0.05) is 6.92 Å². The van der Waals surface area contributed by atoms with Crippen LogP contribution in [-0.4, -0.2) is 41.5 Å². The van der Waals surface area contributed by atoms with Gasteiger partial charge in [0.25, 0.3) is 0 Å². The smallest absolute Gasteiger partial charge is 0.188 e. The highest BCUT2D eigenvalue weighted by Gasteiger charge is 2.43. The molecule has 1 fully saturated rings. The van der Waals surface area contributed by atoms with Gasteiger partial charge in [0.15, 0.2) is 5.78 Å². The predicted octanol–water partition coefficient (Wildman–Crippen LogP) is 2.53. The molecule has 1 aliphatic heterocycles. The number of Topliss-reactive ketones (excluding diaryl/α,β-unsaturated/α-hetero) is 1. The first kappa shape index (κ1) is 15.7. The van der Waals surface area contributed by atoms with E-state index < -0.39 is 0 Å². The third-order valence-corrected chi connectivity index (χ3v) is 4.66. The van der Waals surface area contributed by atoms with Gasteiger partial charge in [-0.2, -0.15) is 5.10 Å². The summed E-state index contributed by atoms with van der Waals surface area (Å²) in [5, 5.41) is 4.24. The molecule has 0 aromatic carbocycles. The van der Waals surface area contributed by atoms with Crippen molar-refractivity contribution in [2.75, 3.05) is 13.7 Å². The maximum atomic E-state index is 12.9. The van der Waals surface area contributed by atoms with Gasteiger partial charge >= 0.3 is 0 Å². The number of ether oxygens (including phenoxy) is 2. The van der Waals surface area contributed by atoms with Crippen LogP contribution in [0.15, 0.2) is 10.7 Å². The van der Waals surface area contributed by atoms with E-state index in [0.717, 1.165) is 4.47 Å². The maximum absolute atomic E-state index is 12.9. The summed E-state index contributed by atoms with van der Waals surface area (Å²) in [6.45, 7) is 7.14. The standard InChI is InChI=1S/C14H21BrN2O3/c1-8-9(2)20-10(3)12(8)14(18)13-11(15)7-16-17(13)5-6-19-4/h7-10,12H,5-6H2,1-4H3. The molecule has 1 saturated heterocycles. The molecule has 20 heavy (non-hydrogen) atoms. The molecule has 5 nitrogen and oxygen atoms in total. The molecule has 6 heteroatoms. The molecule has 0 aliphatic carbocycles. The van der Waals surface area contributed by atoms with Crippen molar-refractivity contribution in [2.24, 2.45) is 11.8 Å². The lowest BCUT2D eigenvalue weighted by Gasteiger charge is -2.18. The third kappa shape index (κ3) is 2.82. The number of carbonyl (C=O) groups is 1. The van der Waals surface area contributed by atoms with Crippen LogP contribution in [0.2, 0.25) is 0 Å². The first-order valence-electron chi connectivity index (χ1n) is 6.87. The summed E-state index contributed by atoms with van der Waals surface area (Å²) in [5.74, 6) is 0.171. The van der Waals surface area contributed by atoms with Crippen LogP contribution in [-0.2, 0) is 16.0 Å². The Morgan fingerprint density at radius 2 is 2.15 bits per heavy atom. The van der Waals surface area contributed by atoms with Gasteiger partial charge in [0.1, 0.15) is 5.69 Å². The van der Waals surface area contributed by atoms with Gasteiger partial charge in [0, 0.05) is 7.11 Å². The van der Waals surface area contributed by atoms with Crippen LogP contribution in [0.25, 0.3) is 0 Å². The monoisotopic (exact) mass is 344 g/mol. The Bertz CT molecular complexity index is 489. The summed E-state index contributed by atoms with van der Waals surface area (Å²) in [6.07, 6.45) is 1.70. The minimum atomic E-state index is -0.126. The van der Waals surface area contributed by atoms with E-state index in [4.69, 9.17) is 9.47 Å². The highest BCUT2D eigenvalue weighted by atomic mass is 79.9. The maximum Gasteiger partial charge on any atom is 0.188 e. The largest absolute Gasteiger partial charge is 0.383 e. The number of nitrogens with zero attached hydrogens (tertiary/aromatic N) is 2.